The van der Waals surface area contributed by atoms with Crippen LogP contribution in [0.3, 0.4) is 0 Å². The van der Waals surface area contributed by atoms with E-state index in [4.69, 9.17) is 4.74 Å². The lowest BCUT2D eigenvalue weighted by Gasteiger charge is -2.11. The number of fused-ring (bicyclic) bond motifs is 1. The summed E-state index contributed by atoms with van der Waals surface area (Å²) in [6.45, 7) is 3.97. The third kappa shape index (κ3) is 2.82. The predicted molar refractivity (Wildman–Crippen MR) is 93.9 cm³/mol. The highest BCUT2D eigenvalue weighted by Gasteiger charge is 2.23. The smallest absolute Gasteiger partial charge is 0.264 e. The summed E-state index contributed by atoms with van der Waals surface area (Å²) in [4.78, 5) is 4.52. The van der Waals surface area contributed by atoms with Gasteiger partial charge in [-0.25, -0.2) is 13.4 Å². The number of aromatic nitrogens is 2. The SMILES string of the molecule is COc1ccccc1NS(=O)(=O)c1cn(C(C)C)c2ncccc12. The van der Waals surface area contributed by atoms with E-state index in [1.54, 1.807) is 48.8 Å². The minimum absolute atomic E-state index is 0.0950. The van der Waals surface area contributed by atoms with Crippen LogP contribution in [0.2, 0.25) is 0 Å². The Morgan fingerprint density at radius 2 is 1.92 bits per heavy atom. The molecule has 2 heterocycles. The zero-order chi connectivity index (χ0) is 17.3. The molecule has 2 aromatic heterocycles. The van der Waals surface area contributed by atoms with Gasteiger partial charge in [0.25, 0.3) is 10.0 Å². The maximum Gasteiger partial charge on any atom is 0.264 e. The van der Waals surface area contributed by atoms with Crippen LogP contribution in [0.15, 0.2) is 53.7 Å². The maximum absolute atomic E-state index is 12.9. The van der Waals surface area contributed by atoms with Crippen molar-refractivity contribution in [2.75, 3.05) is 11.8 Å². The normalized spacial score (nSPS) is 11.8. The summed E-state index contributed by atoms with van der Waals surface area (Å²) in [6, 6.07) is 10.5. The van der Waals surface area contributed by atoms with Crippen LogP contribution in [-0.2, 0) is 10.0 Å². The van der Waals surface area contributed by atoms with Gasteiger partial charge in [0.05, 0.1) is 12.8 Å². The number of rotatable bonds is 5. The Balaban J connectivity index is 2.12. The Hall–Kier alpha value is -2.54. The van der Waals surface area contributed by atoms with Gasteiger partial charge in [-0.2, -0.15) is 0 Å². The number of anilines is 1. The molecule has 0 amide bonds. The van der Waals surface area contributed by atoms with E-state index in [0.717, 1.165) is 0 Å². The number of ether oxygens (including phenoxy) is 1. The Kier molecular flexibility index (Phi) is 4.19. The number of nitrogens with one attached hydrogen (secondary N) is 1. The molecule has 0 radical (unpaired) electrons. The Labute approximate surface area is 141 Å². The molecule has 0 saturated carbocycles. The molecule has 0 bridgehead atoms. The second-order valence-electron chi connectivity index (χ2n) is 5.67. The molecule has 126 valence electrons. The molecule has 0 unspecified atom stereocenters. The van der Waals surface area contributed by atoms with Gasteiger partial charge in [0.2, 0.25) is 0 Å². The van der Waals surface area contributed by atoms with Gasteiger partial charge < -0.3 is 9.30 Å². The van der Waals surface area contributed by atoms with Crippen LogP contribution in [0.5, 0.6) is 5.75 Å². The van der Waals surface area contributed by atoms with Crippen LogP contribution in [0, 0.1) is 0 Å². The number of methoxy groups -OCH3 is 1. The number of para-hydroxylation sites is 2. The molecule has 24 heavy (non-hydrogen) atoms. The van der Waals surface area contributed by atoms with Crippen molar-refractivity contribution in [1.82, 2.24) is 9.55 Å². The minimum Gasteiger partial charge on any atom is -0.495 e. The number of hydrogen-bond acceptors (Lipinski definition) is 4. The molecular formula is C17H19N3O3S. The molecule has 0 aliphatic carbocycles. The molecule has 0 spiro atoms. The third-order valence-corrected chi connectivity index (χ3v) is 5.14. The van der Waals surface area contributed by atoms with E-state index in [1.165, 1.54) is 7.11 Å². The first-order valence-electron chi connectivity index (χ1n) is 7.55. The highest BCUT2D eigenvalue weighted by molar-refractivity contribution is 7.93. The van der Waals surface area contributed by atoms with E-state index in [-0.39, 0.29) is 10.9 Å². The summed E-state index contributed by atoms with van der Waals surface area (Å²) in [5.74, 6) is 0.465. The van der Waals surface area contributed by atoms with Crippen molar-refractivity contribution < 1.29 is 13.2 Å². The summed E-state index contributed by atoms with van der Waals surface area (Å²) < 4.78 is 35.5. The monoisotopic (exact) mass is 345 g/mol. The number of hydrogen-bond donors (Lipinski definition) is 1. The molecule has 7 heteroatoms. The first kappa shape index (κ1) is 16.3. The van der Waals surface area contributed by atoms with Crippen molar-refractivity contribution in [2.45, 2.75) is 24.8 Å². The average Bonchev–Trinajstić information content (AvgIpc) is 2.96. The van der Waals surface area contributed by atoms with Gasteiger partial charge in [0.15, 0.2) is 0 Å². The lowest BCUT2D eigenvalue weighted by atomic mass is 10.3. The van der Waals surface area contributed by atoms with Crippen LogP contribution in [0.25, 0.3) is 11.0 Å². The van der Waals surface area contributed by atoms with Gasteiger partial charge in [0, 0.05) is 23.8 Å². The first-order chi connectivity index (χ1) is 11.4. The van der Waals surface area contributed by atoms with E-state index in [2.05, 4.69) is 9.71 Å². The second kappa shape index (κ2) is 6.16. The fourth-order valence-corrected chi connectivity index (χ4v) is 3.86. The Morgan fingerprint density at radius 3 is 2.62 bits per heavy atom. The molecule has 0 aliphatic heterocycles. The zero-order valence-corrected chi connectivity index (χ0v) is 14.5. The average molecular weight is 345 g/mol. The van der Waals surface area contributed by atoms with Gasteiger partial charge in [-0.1, -0.05) is 12.1 Å². The van der Waals surface area contributed by atoms with Crippen LogP contribution in [0.4, 0.5) is 5.69 Å². The van der Waals surface area contributed by atoms with Gasteiger partial charge >= 0.3 is 0 Å². The van der Waals surface area contributed by atoms with Crippen LogP contribution in [0.1, 0.15) is 19.9 Å². The van der Waals surface area contributed by atoms with Gasteiger partial charge in [-0.3, -0.25) is 4.72 Å². The summed E-state index contributed by atoms with van der Waals surface area (Å²) in [5, 5.41) is 0.591. The van der Waals surface area contributed by atoms with Crippen LogP contribution >= 0.6 is 0 Å². The highest BCUT2D eigenvalue weighted by atomic mass is 32.2. The molecule has 0 atom stereocenters. The van der Waals surface area contributed by atoms with Gasteiger partial charge in [-0.05, 0) is 38.1 Å². The molecule has 1 aromatic carbocycles. The number of pyridine rings is 1. The fraction of sp³-hybridized carbons (Fsp3) is 0.235. The predicted octanol–water partition coefficient (Wildman–Crippen LogP) is 3.43. The second-order valence-corrected chi connectivity index (χ2v) is 7.33. The van der Waals surface area contributed by atoms with Gasteiger partial charge in [-0.15, -0.1) is 0 Å². The maximum atomic E-state index is 12.9. The van der Waals surface area contributed by atoms with Crippen LogP contribution < -0.4 is 9.46 Å². The molecule has 6 nitrogen and oxygen atoms in total. The molecule has 3 aromatic rings. The lowest BCUT2D eigenvalue weighted by Crippen LogP contribution is -2.13. The van der Waals surface area contributed by atoms with Gasteiger partial charge in [0.1, 0.15) is 16.3 Å². The van der Waals surface area contributed by atoms with Crippen molar-refractivity contribution in [2.24, 2.45) is 0 Å². The van der Waals surface area contributed by atoms with E-state index in [9.17, 15) is 8.42 Å². The summed E-state index contributed by atoms with van der Waals surface area (Å²) in [6.07, 6.45) is 3.28. The van der Waals surface area contributed by atoms with Crippen molar-refractivity contribution >= 4 is 26.7 Å². The molecule has 1 N–H and O–H groups in total. The molecular weight excluding hydrogens is 326 g/mol. The van der Waals surface area contributed by atoms with Crippen molar-refractivity contribution in [1.29, 1.82) is 0 Å². The highest BCUT2D eigenvalue weighted by Crippen LogP contribution is 2.30. The first-order valence-corrected chi connectivity index (χ1v) is 9.03. The Morgan fingerprint density at radius 1 is 1.17 bits per heavy atom. The third-order valence-electron chi connectivity index (χ3n) is 3.75. The zero-order valence-electron chi connectivity index (χ0n) is 13.7. The number of sulfonamides is 1. The summed E-state index contributed by atoms with van der Waals surface area (Å²) in [5.41, 5.74) is 1.04. The minimum atomic E-state index is -3.78. The largest absolute Gasteiger partial charge is 0.495 e. The Bertz CT molecular complexity index is 978. The lowest BCUT2D eigenvalue weighted by molar-refractivity contribution is 0.417. The summed E-state index contributed by atoms with van der Waals surface area (Å²) in [7, 11) is -2.27. The van der Waals surface area contributed by atoms with Crippen molar-refractivity contribution in [3.8, 4) is 5.75 Å². The van der Waals surface area contributed by atoms with E-state index < -0.39 is 10.0 Å². The fourth-order valence-electron chi connectivity index (χ4n) is 2.59. The number of nitrogens with zero attached hydrogens (tertiary/aromatic N) is 2. The molecule has 0 aliphatic rings. The van der Waals surface area contributed by atoms with E-state index in [0.29, 0.717) is 22.5 Å². The quantitative estimate of drug-likeness (QED) is 0.769. The molecule has 3 rings (SSSR count). The van der Waals surface area contributed by atoms with Crippen molar-refractivity contribution in [3.63, 3.8) is 0 Å². The van der Waals surface area contributed by atoms with Crippen LogP contribution in [-0.4, -0.2) is 25.1 Å². The summed E-state index contributed by atoms with van der Waals surface area (Å²) >= 11 is 0. The standard InChI is InChI=1S/C17H19N3O3S/c1-12(2)20-11-16(13-7-6-10-18-17(13)20)24(21,22)19-14-8-4-5-9-15(14)23-3/h4-12,19H,1-3H3. The van der Waals surface area contributed by atoms with Crippen molar-refractivity contribution in [3.05, 3.63) is 48.8 Å². The molecule has 0 saturated heterocycles. The van der Waals surface area contributed by atoms with E-state index in [1.807, 2.05) is 18.4 Å². The topological polar surface area (TPSA) is 73.2 Å². The van der Waals surface area contributed by atoms with E-state index >= 15 is 0 Å². The number of benzene rings is 1. The molecule has 0 fully saturated rings.